The molecular formula is C9H10ClN3O. The van der Waals surface area contributed by atoms with E-state index in [4.69, 9.17) is 11.6 Å². The normalized spacial score (nSPS) is 16.0. The van der Waals surface area contributed by atoms with E-state index in [1.165, 1.54) is 0 Å². The van der Waals surface area contributed by atoms with Crippen molar-refractivity contribution in [3.63, 3.8) is 0 Å². The molecule has 0 atom stereocenters. The number of nitrogens with zero attached hydrogens (tertiary/aromatic N) is 3. The number of phenolic OH excluding ortho intramolecular Hbond substituents is 1. The van der Waals surface area contributed by atoms with E-state index in [2.05, 4.69) is 5.10 Å². The van der Waals surface area contributed by atoms with Crippen LogP contribution in [0.15, 0.2) is 29.4 Å². The van der Waals surface area contributed by atoms with Crippen LogP contribution in [0.2, 0.25) is 0 Å². The fraction of sp³-hybridized carbons (Fsp3) is 0.222. The highest BCUT2D eigenvalue weighted by Crippen LogP contribution is 2.29. The number of benzene rings is 1. The van der Waals surface area contributed by atoms with Gasteiger partial charge in [-0.1, -0.05) is 12.1 Å². The number of para-hydroxylation sites is 2. The minimum Gasteiger partial charge on any atom is -0.506 e. The average Bonchev–Trinajstić information content (AvgIpc) is 2.46. The molecule has 0 radical (unpaired) electrons. The molecule has 74 valence electrons. The quantitative estimate of drug-likeness (QED) is 0.718. The summed E-state index contributed by atoms with van der Waals surface area (Å²) in [4.78, 5) is 1.73. The summed E-state index contributed by atoms with van der Waals surface area (Å²) in [7, 11) is 1.82. The molecule has 5 heteroatoms. The molecule has 1 aromatic rings. The second kappa shape index (κ2) is 3.38. The summed E-state index contributed by atoms with van der Waals surface area (Å²) in [5.41, 5.74) is 0.672. The van der Waals surface area contributed by atoms with E-state index in [1.807, 2.05) is 13.1 Å². The number of hydrogen-bond donors (Lipinski definition) is 1. The fourth-order valence-electron chi connectivity index (χ4n) is 1.36. The molecule has 1 aliphatic rings. The third-order valence-corrected chi connectivity index (χ3v) is 2.27. The number of anilines is 1. The van der Waals surface area contributed by atoms with E-state index in [-0.39, 0.29) is 5.75 Å². The summed E-state index contributed by atoms with van der Waals surface area (Å²) in [5.74, 6) is 0.205. The first-order valence-electron chi connectivity index (χ1n) is 4.19. The molecule has 0 unspecified atom stereocenters. The van der Waals surface area contributed by atoms with Gasteiger partial charge in [-0.3, -0.25) is 9.91 Å². The molecule has 0 aliphatic carbocycles. The number of rotatable bonds is 1. The third-order valence-electron chi connectivity index (χ3n) is 1.99. The van der Waals surface area contributed by atoms with Crippen LogP contribution in [0.1, 0.15) is 0 Å². The van der Waals surface area contributed by atoms with E-state index in [1.54, 1.807) is 28.1 Å². The average molecular weight is 212 g/mol. The lowest BCUT2D eigenvalue weighted by molar-refractivity contribution is 0.391. The summed E-state index contributed by atoms with van der Waals surface area (Å²) >= 11 is 5.90. The lowest BCUT2D eigenvalue weighted by atomic mass is 10.3. The second-order valence-electron chi connectivity index (χ2n) is 3.08. The van der Waals surface area contributed by atoms with Crippen molar-refractivity contribution in [2.75, 3.05) is 18.6 Å². The first kappa shape index (κ1) is 9.15. The van der Waals surface area contributed by atoms with Crippen LogP contribution in [0.4, 0.5) is 5.69 Å². The van der Waals surface area contributed by atoms with Crippen molar-refractivity contribution < 1.29 is 5.11 Å². The fourth-order valence-corrected chi connectivity index (χ4v) is 1.63. The van der Waals surface area contributed by atoms with Crippen LogP contribution in [0.5, 0.6) is 5.75 Å². The maximum absolute atomic E-state index is 9.60. The molecule has 0 saturated heterocycles. The van der Waals surface area contributed by atoms with Crippen molar-refractivity contribution in [1.29, 1.82) is 0 Å². The number of amidine groups is 1. The highest BCUT2D eigenvalue weighted by atomic mass is 35.5. The van der Waals surface area contributed by atoms with E-state index in [9.17, 15) is 5.11 Å². The van der Waals surface area contributed by atoms with Gasteiger partial charge in [-0.25, -0.2) is 0 Å². The van der Waals surface area contributed by atoms with Crippen molar-refractivity contribution in [3.8, 4) is 5.75 Å². The van der Waals surface area contributed by atoms with Crippen molar-refractivity contribution in [2.45, 2.75) is 0 Å². The van der Waals surface area contributed by atoms with Crippen LogP contribution in [0.3, 0.4) is 0 Å². The molecular weight excluding hydrogens is 202 g/mol. The molecule has 0 spiro atoms. The van der Waals surface area contributed by atoms with Crippen LogP contribution in [0.25, 0.3) is 0 Å². The topological polar surface area (TPSA) is 39.1 Å². The molecule has 0 amide bonds. The molecule has 0 fully saturated rings. The Morgan fingerprint density at radius 3 is 2.71 bits per heavy atom. The molecule has 2 rings (SSSR count). The zero-order chi connectivity index (χ0) is 10.1. The van der Waals surface area contributed by atoms with Crippen LogP contribution in [-0.4, -0.2) is 29.1 Å². The predicted molar refractivity (Wildman–Crippen MR) is 56.5 cm³/mol. The van der Waals surface area contributed by atoms with Crippen molar-refractivity contribution in [3.05, 3.63) is 24.3 Å². The van der Waals surface area contributed by atoms with E-state index in [0.29, 0.717) is 17.7 Å². The molecule has 4 nitrogen and oxygen atoms in total. The van der Waals surface area contributed by atoms with Gasteiger partial charge in [-0.15, -0.1) is 5.10 Å². The zero-order valence-electron chi connectivity index (χ0n) is 7.68. The van der Waals surface area contributed by atoms with Gasteiger partial charge in [0.25, 0.3) is 0 Å². The number of phenols is 1. The van der Waals surface area contributed by atoms with Crippen molar-refractivity contribution in [1.82, 2.24) is 5.01 Å². The summed E-state index contributed by atoms with van der Waals surface area (Å²) in [6, 6.07) is 7.03. The van der Waals surface area contributed by atoms with Gasteiger partial charge in [0.05, 0.1) is 5.69 Å². The summed E-state index contributed by atoms with van der Waals surface area (Å²) in [6.45, 7) is 0.552. The Hall–Kier alpha value is -1.42. The molecule has 1 N–H and O–H groups in total. The van der Waals surface area contributed by atoms with E-state index in [0.717, 1.165) is 0 Å². The Balaban J connectivity index is 2.34. The highest BCUT2D eigenvalue weighted by molar-refractivity contribution is 6.68. The van der Waals surface area contributed by atoms with Gasteiger partial charge in [0.15, 0.2) is 0 Å². The van der Waals surface area contributed by atoms with Crippen LogP contribution < -0.4 is 4.90 Å². The standard InChI is InChI=1S/C9H10ClN3O/c1-12-6-13(9(10)11-12)7-4-2-3-5-8(7)14/h2-5,14H,6H2,1H3. The molecule has 0 aromatic heterocycles. The lowest BCUT2D eigenvalue weighted by Crippen LogP contribution is -2.26. The maximum Gasteiger partial charge on any atom is 0.223 e. The number of hydrogen-bond acceptors (Lipinski definition) is 4. The minimum absolute atomic E-state index is 0.205. The Bertz CT molecular complexity index is 380. The monoisotopic (exact) mass is 211 g/mol. The van der Waals surface area contributed by atoms with Crippen molar-refractivity contribution in [2.24, 2.45) is 5.10 Å². The molecule has 1 heterocycles. The summed E-state index contributed by atoms with van der Waals surface area (Å²) < 4.78 is 0. The zero-order valence-corrected chi connectivity index (χ0v) is 8.44. The third kappa shape index (κ3) is 1.48. The number of aromatic hydroxyl groups is 1. The lowest BCUT2D eigenvalue weighted by Gasteiger charge is -2.18. The highest BCUT2D eigenvalue weighted by Gasteiger charge is 2.22. The first-order valence-corrected chi connectivity index (χ1v) is 4.57. The van der Waals surface area contributed by atoms with Gasteiger partial charge in [-0.2, -0.15) is 0 Å². The van der Waals surface area contributed by atoms with Crippen molar-refractivity contribution >= 4 is 22.6 Å². The van der Waals surface area contributed by atoms with Crippen LogP contribution in [0, 0.1) is 0 Å². The molecule has 14 heavy (non-hydrogen) atoms. The van der Waals surface area contributed by atoms with E-state index >= 15 is 0 Å². The van der Waals surface area contributed by atoms with Gasteiger partial charge in [-0.05, 0) is 23.7 Å². The van der Waals surface area contributed by atoms with Gasteiger partial charge in [0.1, 0.15) is 12.4 Å². The second-order valence-corrected chi connectivity index (χ2v) is 3.42. The van der Waals surface area contributed by atoms with Gasteiger partial charge < -0.3 is 5.11 Å². The molecule has 0 saturated carbocycles. The van der Waals surface area contributed by atoms with Crippen LogP contribution in [-0.2, 0) is 0 Å². The van der Waals surface area contributed by atoms with Gasteiger partial charge in [0.2, 0.25) is 5.29 Å². The van der Waals surface area contributed by atoms with Gasteiger partial charge >= 0.3 is 0 Å². The maximum atomic E-state index is 9.60. The Labute approximate surface area is 87.0 Å². The molecule has 1 aliphatic heterocycles. The first-order chi connectivity index (χ1) is 6.68. The minimum atomic E-state index is 0.205. The summed E-state index contributed by atoms with van der Waals surface area (Å²) in [6.07, 6.45) is 0. The smallest absolute Gasteiger partial charge is 0.223 e. The SMILES string of the molecule is CN1CN(c2ccccc2O)C(Cl)=N1. The Morgan fingerprint density at radius 1 is 1.43 bits per heavy atom. The number of halogens is 1. The molecule has 1 aromatic carbocycles. The van der Waals surface area contributed by atoms with Gasteiger partial charge in [0, 0.05) is 7.05 Å². The van der Waals surface area contributed by atoms with Crippen LogP contribution >= 0.6 is 11.6 Å². The van der Waals surface area contributed by atoms with E-state index < -0.39 is 0 Å². The summed E-state index contributed by atoms with van der Waals surface area (Å²) in [5, 5.41) is 15.7. The number of hydrazone groups is 1. The predicted octanol–water partition coefficient (Wildman–Crippen LogP) is 1.61. The Morgan fingerprint density at radius 2 is 2.14 bits per heavy atom. The Kier molecular flexibility index (Phi) is 2.21. The molecule has 0 bridgehead atoms. The largest absolute Gasteiger partial charge is 0.506 e.